The van der Waals surface area contributed by atoms with Crippen LogP contribution in [0.4, 0.5) is 5.82 Å². The summed E-state index contributed by atoms with van der Waals surface area (Å²) in [5.41, 5.74) is 8.90. The Labute approximate surface area is 92.7 Å². The molecule has 0 radical (unpaired) electrons. The van der Waals surface area contributed by atoms with Gasteiger partial charge in [-0.05, 0) is 12.1 Å². The molecular formula is C12H12N4. The number of benzene rings is 1. The fourth-order valence-corrected chi connectivity index (χ4v) is 2.01. The molecule has 0 spiro atoms. The number of rotatable bonds is 1. The van der Waals surface area contributed by atoms with E-state index in [-0.39, 0.29) is 0 Å². The molecule has 80 valence electrons. The molecule has 0 amide bonds. The molecule has 0 bridgehead atoms. The van der Waals surface area contributed by atoms with Gasteiger partial charge in [0.05, 0.1) is 5.69 Å². The summed E-state index contributed by atoms with van der Waals surface area (Å²) in [6.07, 6.45) is 2.05. The molecule has 0 saturated heterocycles. The normalized spacial score (nSPS) is 11.1. The lowest BCUT2D eigenvalue weighted by Crippen LogP contribution is -1.84. The van der Waals surface area contributed by atoms with Crippen molar-refractivity contribution in [2.24, 2.45) is 7.05 Å². The van der Waals surface area contributed by atoms with Crippen LogP contribution in [0, 0.1) is 0 Å². The summed E-state index contributed by atoms with van der Waals surface area (Å²) >= 11 is 0. The van der Waals surface area contributed by atoms with E-state index in [1.807, 2.05) is 25.4 Å². The number of anilines is 1. The van der Waals surface area contributed by atoms with Crippen molar-refractivity contribution in [2.75, 3.05) is 5.73 Å². The molecule has 0 aliphatic heterocycles. The molecule has 0 aliphatic carbocycles. The largest absolute Gasteiger partial charge is 0.382 e. The van der Waals surface area contributed by atoms with Crippen LogP contribution in [-0.4, -0.2) is 14.8 Å². The fourth-order valence-electron chi connectivity index (χ4n) is 2.01. The third-order valence-electron chi connectivity index (χ3n) is 2.82. The highest BCUT2D eigenvalue weighted by atomic mass is 15.2. The molecule has 0 atom stereocenters. The van der Waals surface area contributed by atoms with Gasteiger partial charge >= 0.3 is 0 Å². The van der Waals surface area contributed by atoms with Gasteiger partial charge in [0.15, 0.2) is 0 Å². The van der Waals surface area contributed by atoms with Crippen molar-refractivity contribution in [2.45, 2.75) is 0 Å². The Kier molecular flexibility index (Phi) is 1.77. The summed E-state index contributed by atoms with van der Waals surface area (Å²) in [5, 5.41) is 8.09. The first-order chi connectivity index (χ1) is 7.75. The van der Waals surface area contributed by atoms with Crippen molar-refractivity contribution in [1.82, 2.24) is 14.8 Å². The van der Waals surface area contributed by atoms with Gasteiger partial charge in [-0.15, -0.1) is 0 Å². The van der Waals surface area contributed by atoms with Crippen LogP contribution in [0.5, 0.6) is 0 Å². The highest BCUT2D eigenvalue weighted by Crippen LogP contribution is 2.28. The second-order valence-electron chi connectivity index (χ2n) is 3.87. The standard InChI is InChI=1S/C12H12N4/c1-16-6-5-9-8(3-2-4-11(9)16)10-7-12(13)15-14-10/h2-7H,1H3,(H3,13,14,15). The van der Waals surface area contributed by atoms with Gasteiger partial charge in [-0.25, -0.2) is 0 Å². The molecular weight excluding hydrogens is 200 g/mol. The fraction of sp³-hybridized carbons (Fsp3) is 0.0833. The first-order valence-corrected chi connectivity index (χ1v) is 5.11. The molecule has 0 fully saturated rings. The molecule has 0 unspecified atom stereocenters. The van der Waals surface area contributed by atoms with Gasteiger partial charge in [0.1, 0.15) is 5.82 Å². The second-order valence-corrected chi connectivity index (χ2v) is 3.87. The number of aryl methyl sites for hydroxylation is 1. The minimum Gasteiger partial charge on any atom is -0.382 e. The summed E-state index contributed by atoms with van der Waals surface area (Å²) in [6, 6.07) is 10.1. The van der Waals surface area contributed by atoms with Crippen molar-refractivity contribution in [3.63, 3.8) is 0 Å². The first kappa shape index (κ1) is 9.03. The number of nitrogens with zero attached hydrogens (tertiary/aromatic N) is 2. The van der Waals surface area contributed by atoms with Crippen LogP contribution in [0.25, 0.3) is 22.2 Å². The topological polar surface area (TPSA) is 59.6 Å². The Morgan fingerprint density at radius 3 is 2.94 bits per heavy atom. The number of aromatic amines is 1. The zero-order valence-electron chi connectivity index (χ0n) is 8.94. The molecule has 2 heterocycles. The average molecular weight is 212 g/mol. The van der Waals surface area contributed by atoms with Crippen molar-refractivity contribution >= 4 is 16.7 Å². The van der Waals surface area contributed by atoms with Gasteiger partial charge in [-0.1, -0.05) is 12.1 Å². The lowest BCUT2D eigenvalue weighted by molar-refractivity contribution is 0.969. The maximum Gasteiger partial charge on any atom is 0.145 e. The van der Waals surface area contributed by atoms with Crippen LogP contribution in [0.2, 0.25) is 0 Å². The van der Waals surface area contributed by atoms with E-state index in [1.165, 1.54) is 10.9 Å². The maximum absolute atomic E-state index is 5.62. The van der Waals surface area contributed by atoms with Crippen LogP contribution in [0.1, 0.15) is 0 Å². The highest BCUT2D eigenvalue weighted by Gasteiger charge is 2.07. The predicted molar refractivity (Wildman–Crippen MR) is 64.9 cm³/mol. The Balaban J connectivity index is 2.31. The Morgan fingerprint density at radius 2 is 2.19 bits per heavy atom. The molecule has 16 heavy (non-hydrogen) atoms. The second kappa shape index (κ2) is 3.13. The molecule has 2 aromatic heterocycles. The van der Waals surface area contributed by atoms with Crippen molar-refractivity contribution in [3.05, 3.63) is 36.5 Å². The summed E-state index contributed by atoms with van der Waals surface area (Å²) in [4.78, 5) is 0. The Morgan fingerprint density at radius 1 is 1.31 bits per heavy atom. The van der Waals surface area contributed by atoms with Crippen LogP contribution in [-0.2, 0) is 7.05 Å². The van der Waals surface area contributed by atoms with E-state index in [9.17, 15) is 0 Å². The van der Waals surface area contributed by atoms with Crippen molar-refractivity contribution < 1.29 is 0 Å². The van der Waals surface area contributed by atoms with E-state index >= 15 is 0 Å². The third kappa shape index (κ3) is 1.20. The zero-order valence-corrected chi connectivity index (χ0v) is 8.94. The number of nitrogens with two attached hydrogens (primary N) is 1. The van der Waals surface area contributed by atoms with Crippen molar-refractivity contribution in [1.29, 1.82) is 0 Å². The minimum atomic E-state index is 0.517. The van der Waals surface area contributed by atoms with Gasteiger partial charge < -0.3 is 10.3 Å². The first-order valence-electron chi connectivity index (χ1n) is 5.11. The number of nitrogen functional groups attached to an aromatic ring is 1. The predicted octanol–water partition coefficient (Wildman–Crippen LogP) is 2.15. The minimum absolute atomic E-state index is 0.517. The smallest absolute Gasteiger partial charge is 0.145 e. The van der Waals surface area contributed by atoms with E-state index in [2.05, 4.69) is 33.0 Å². The number of hydrogen-bond donors (Lipinski definition) is 2. The van der Waals surface area contributed by atoms with Gasteiger partial charge in [0, 0.05) is 35.8 Å². The van der Waals surface area contributed by atoms with Gasteiger partial charge in [-0.2, -0.15) is 5.10 Å². The lowest BCUT2D eigenvalue weighted by atomic mass is 10.1. The Bertz CT molecular complexity index is 648. The molecule has 0 saturated carbocycles. The molecule has 4 heteroatoms. The van der Waals surface area contributed by atoms with E-state index in [4.69, 9.17) is 5.73 Å². The van der Waals surface area contributed by atoms with E-state index in [1.54, 1.807) is 0 Å². The van der Waals surface area contributed by atoms with Gasteiger partial charge in [0.2, 0.25) is 0 Å². The van der Waals surface area contributed by atoms with Crippen molar-refractivity contribution in [3.8, 4) is 11.3 Å². The van der Waals surface area contributed by atoms with Gasteiger partial charge in [0.25, 0.3) is 0 Å². The van der Waals surface area contributed by atoms with Gasteiger partial charge in [-0.3, -0.25) is 5.10 Å². The monoisotopic (exact) mass is 212 g/mol. The average Bonchev–Trinajstić information content (AvgIpc) is 2.86. The number of aromatic nitrogens is 3. The number of H-pyrrole nitrogens is 1. The number of hydrogen-bond acceptors (Lipinski definition) is 2. The number of nitrogens with one attached hydrogen (secondary N) is 1. The third-order valence-corrected chi connectivity index (χ3v) is 2.82. The van der Waals surface area contributed by atoms with Crippen LogP contribution >= 0.6 is 0 Å². The van der Waals surface area contributed by atoms with E-state index in [0.29, 0.717) is 5.82 Å². The summed E-state index contributed by atoms with van der Waals surface area (Å²) in [5.74, 6) is 0.517. The van der Waals surface area contributed by atoms with Crippen LogP contribution < -0.4 is 5.73 Å². The number of fused-ring (bicyclic) bond motifs is 1. The Hall–Kier alpha value is -2.23. The molecule has 3 N–H and O–H groups in total. The highest BCUT2D eigenvalue weighted by molar-refractivity contribution is 5.94. The molecule has 3 aromatic rings. The van der Waals surface area contributed by atoms with Crippen LogP contribution in [0.3, 0.4) is 0 Å². The molecule has 3 rings (SSSR count). The van der Waals surface area contributed by atoms with E-state index in [0.717, 1.165) is 11.3 Å². The SMILES string of the molecule is Cn1ccc2c(-c3cc(N)n[nH]3)cccc21. The zero-order chi connectivity index (χ0) is 11.1. The quantitative estimate of drug-likeness (QED) is 0.649. The summed E-state index contributed by atoms with van der Waals surface area (Å²) in [6.45, 7) is 0. The molecule has 0 aliphatic rings. The summed E-state index contributed by atoms with van der Waals surface area (Å²) in [7, 11) is 2.04. The van der Waals surface area contributed by atoms with E-state index < -0.39 is 0 Å². The molecule has 4 nitrogen and oxygen atoms in total. The van der Waals surface area contributed by atoms with Crippen LogP contribution in [0.15, 0.2) is 36.5 Å². The molecule has 1 aromatic carbocycles. The lowest BCUT2D eigenvalue weighted by Gasteiger charge is -2.01. The maximum atomic E-state index is 5.62. The summed E-state index contributed by atoms with van der Waals surface area (Å²) < 4.78 is 2.10.